The van der Waals surface area contributed by atoms with E-state index in [-0.39, 0.29) is 5.91 Å². The topological polar surface area (TPSA) is 53.5 Å². The van der Waals surface area contributed by atoms with E-state index in [2.05, 4.69) is 69.6 Å². The van der Waals surface area contributed by atoms with Crippen molar-refractivity contribution in [2.45, 2.75) is 26.8 Å². The maximum absolute atomic E-state index is 12.4. The van der Waals surface area contributed by atoms with Crippen LogP contribution in [0.1, 0.15) is 25.0 Å². The van der Waals surface area contributed by atoms with Crippen LogP contribution in [0.15, 0.2) is 65.8 Å². The van der Waals surface area contributed by atoms with E-state index in [1.165, 1.54) is 14.5 Å². The number of benzene rings is 3. The van der Waals surface area contributed by atoms with Gasteiger partial charge in [-0.15, -0.1) is 0 Å². The molecule has 4 nitrogen and oxygen atoms in total. The molecule has 3 rings (SSSR count). The first kappa shape index (κ1) is 19.4. The third-order valence-electron chi connectivity index (χ3n) is 4.44. The molecule has 0 radical (unpaired) electrons. The van der Waals surface area contributed by atoms with Crippen molar-refractivity contribution in [2.24, 2.45) is 5.10 Å². The van der Waals surface area contributed by atoms with Crippen molar-refractivity contribution in [1.82, 2.24) is 5.43 Å². The Labute approximate surface area is 173 Å². The summed E-state index contributed by atoms with van der Waals surface area (Å²) in [5, 5.41) is 9.82. The highest BCUT2D eigenvalue weighted by Gasteiger charge is 2.12. The molecule has 0 aromatic heterocycles. The highest BCUT2D eigenvalue weighted by Crippen LogP contribution is 2.18. The summed E-state index contributed by atoms with van der Waals surface area (Å²) in [6.07, 6.45) is 0. The Hall–Kier alpha value is -2.41. The summed E-state index contributed by atoms with van der Waals surface area (Å²) in [5.74, 6) is -0.175. The van der Waals surface area contributed by atoms with Gasteiger partial charge in [-0.05, 0) is 89.5 Å². The number of nitrogens with one attached hydrogen (secondary N) is 2. The number of hydrogen-bond acceptors (Lipinski definition) is 3. The van der Waals surface area contributed by atoms with E-state index in [9.17, 15) is 4.79 Å². The van der Waals surface area contributed by atoms with Crippen molar-refractivity contribution in [3.05, 3.63) is 75.4 Å². The molecule has 1 atom stereocenters. The van der Waals surface area contributed by atoms with Crippen LogP contribution in [0.4, 0.5) is 5.69 Å². The number of hydrogen-bond donors (Lipinski definition) is 2. The minimum absolute atomic E-state index is 0.175. The average Bonchev–Trinajstić information content (AvgIpc) is 2.68. The van der Waals surface area contributed by atoms with Crippen LogP contribution in [0.25, 0.3) is 10.8 Å². The summed E-state index contributed by atoms with van der Waals surface area (Å²) in [7, 11) is 0. The molecule has 0 saturated heterocycles. The van der Waals surface area contributed by atoms with Gasteiger partial charge < -0.3 is 5.32 Å². The minimum atomic E-state index is -0.391. The van der Waals surface area contributed by atoms with Crippen LogP contribution in [-0.4, -0.2) is 17.7 Å². The molecule has 0 aliphatic rings. The lowest BCUT2D eigenvalue weighted by Gasteiger charge is -2.14. The molecule has 0 bridgehead atoms. The molecule has 0 fully saturated rings. The molecule has 2 N–H and O–H groups in total. The molecule has 27 heavy (non-hydrogen) atoms. The average molecular weight is 471 g/mol. The number of aryl methyl sites for hydroxylation is 1. The van der Waals surface area contributed by atoms with Crippen LogP contribution in [-0.2, 0) is 4.79 Å². The van der Waals surface area contributed by atoms with Crippen LogP contribution < -0.4 is 10.7 Å². The Bertz CT molecular complexity index is 1010. The Balaban J connectivity index is 1.65. The standard InChI is InChI=1S/C22H22IN3O/c1-14-12-20(10-11-21(14)23)24-16(3)22(27)26-25-15(2)18-9-8-17-6-4-5-7-19(17)13-18/h4-13,16,24H,1-3H3,(H,26,27)/b25-15+/t16-/m1/s1. The Morgan fingerprint density at radius 3 is 2.52 bits per heavy atom. The Morgan fingerprint density at radius 1 is 1.04 bits per heavy atom. The zero-order valence-corrected chi connectivity index (χ0v) is 17.7. The summed E-state index contributed by atoms with van der Waals surface area (Å²) in [6.45, 7) is 5.77. The second-order valence-electron chi connectivity index (χ2n) is 6.57. The quantitative estimate of drug-likeness (QED) is 0.309. The highest BCUT2D eigenvalue weighted by molar-refractivity contribution is 14.1. The molecule has 0 unspecified atom stereocenters. The molecular formula is C22H22IN3O. The van der Waals surface area contributed by atoms with Crippen molar-refractivity contribution in [2.75, 3.05) is 5.32 Å². The fraction of sp³-hybridized carbons (Fsp3) is 0.182. The van der Waals surface area contributed by atoms with Crippen LogP contribution in [0, 0.1) is 10.5 Å². The van der Waals surface area contributed by atoms with Crippen molar-refractivity contribution >= 4 is 50.7 Å². The summed E-state index contributed by atoms with van der Waals surface area (Å²) in [6, 6.07) is 20.0. The molecule has 5 heteroatoms. The van der Waals surface area contributed by atoms with Gasteiger partial charge in [0.05, 0.1) is 5.71 Å². The van der Waals surface area contributed by atoms with Crippen molar-refractivity contribution < 1.29 is 4.79 Å². The first-order valence-electron chi connectivity index (χ1n) is 8.80. The molecule has 0 aliphatic carbocycles. The van der Waals surface area contributed by atoms with E-state index < -0.39 is 6.04 Å². The Morgan fingerprint density at radius 2 is 1.78 bits per heavy atom. The lowest BCUT2D eigenvalue weighted by Crippen LogP contribution is -2.35. The summed E-state index contributed by atoms with van der Waals surface area (Å²) in [5.41, 5.74) is 6.52. The van der Waals surface area contributed by atoms with Gasteiger partial charge in [0.25, 0.3) is 5.91 Å². The molecule has 0 heterocycles. The second-order valence-corrected chi connectivity index (χ2v) is 7.73. The molecule has 1 amide bonds. The number of anilines is 1. The van der Waals surface area contributed by atoms with Crippen molar-refractivity contribution in [3.8, 4) is 0 Å². The molecule has 0 spiro atoms. The number of rotatable bonds is 5. The molecule has 3 aromatic carbocycles. The third kappa shape index (κ3) is 4.86. The van der Waals surface area contributed by atoms with Gasteiger partial charge in [-0.1, -0.05) is 36.4 Å². The number of nitrogens with zero attached hydrogens (tertiary/aromatic N) is 1. The number of carbonyl (C=O) groups excluding carboxylic acids is 1. The Kier molecular flexibility index (Phi) is 6.11. The van der Waals surface area contributed by atoms with Crippen LogP contribution in [0.2, 0.25) is 0 Å². The van der Waals surface area contributed by atoms with Gasteiger partial charge in [0.1, 0.15) is 6.04 Å². The lowest BCUT2D eigenvalue weighted by molar-refractivity contribution is -0.121. The molecule has 3 aromatic rings. The fourth-order valence-corrected chi connectivity index (χ4v) is 3.10. The van der Waals surface area contributed by atoms with Crippen molar-refractivity contribution in [3.63, 3.8) is 0 Å². The summed E-state index contributed by atoms with van der Waals surface area (Å²) < 4.78 is 1.20. The number of amides is 1. The van der Waals surface area contributed by atoms with E-state index in [1.807, 2.05) is 50.2 Å². The van der Waals surface area contributed by atoms with Crippen LogP contribution >= 0.6 is 22.6 Å². The predicted octanol–water partition coefficient (Wildman–Crippen LogP) is 5.09. The van der Waals surface area contributed by atoms with Crippen molar-refractivity contribution in [1.29, 1.82) is 0 Å². The number of hydrazone groups is 1. The number of halogens is 1. The smallest absolute Gasteiger partial charge is 0.262 e. The van der Waals surface area contributed by atoms with Gasteiger partial charge in [0.2, 0.25) is 0 Å². The maximum atomic E-state index is 12.4. The summed E-state index contributed by atoms with van der Waals surface area (Å²) in [4.78, 5) is 12.4. The second kappa shape index (κ2) is 8.52. The largest absolute Gasteiger partial charge is 0.374 e. The van der Waals surface area contributed by atoms with Gasteiger partial charge in [-0.2, -0.15) is 5.10 Å². The number of fused-ring (bicyclic) bond motifs is 1. The minimum Gasteiger partial charge on any atom is -0.374 e. The van der Waals surface area contributed by atoms with Gasteiger partial charge in [-0.25, -0.2) is 5.43 Å². The third-order valence-corrected chi connectivity index (χ3v) is 5.65. The first-order chi connectivity index (χ1) is 12.9. The zero-order chi connectivity index (χ0) is 19.4. The first-order valence-corrected chi connectivity index (χ1v) is 9.88. The molecule has 0 aliphatic heterocycles. The lowest BCUT2D eigenvalue weighted by atomic mass is 10.0. The van der Waals surface area contributed by atoms with Gasteiger partial charge >= 0.3 is 0 Å². The van der Waals surface area contributed by atoms with Gasteiger partial charge in [-0.3, -0.25) is 4.79 Å². The normalized spacial score (nSPS) is 12.7. The van der Waals surface area contributed by atoms with Gasteiger partial charge in [0, 0.05) is 9.26 Å². The zero-order valence-electron chi connectivity index (χ0n) is 15.6. The fourth-order valence-electron chi connectivity index (χ4n) is 2.76. The molecule has 0 saturated carbocycles. The predicted molar refractivity (Wildman–Crippen MR) is 121 cm³/mol. The molecular weight excluding hydrogens is 449 g/mol. The van der Waals surface area contributed by atoms with E-state index in [0.29, 0.717) is 0 Å². The number of carbonyl (C=O) groups is 1. The van der Waals surface area contributed by atoms with E-state index >= 15 is 0 Å². The summed E-state index contributed by atoms with van der Waals surface area (Å²) >= 11 is 2.29. The SMILES string of the molecule is C/C(=N\NC(=O)[C@@H](C)Nc1ccc(I)c(C)c1)c1ccc2ccccc2c1. The van der Waals surface area contributed by atoms with Crippen LogP contribution in [0.5, 0.6) is 0 Å². The van der Waals surface area contributed by atoms with E-state index in [1.54, 1.807) is 0 Å². The monoisotopic (exact) mass is 471 g/mol. The highest BCUT2D eigenvalue weighted by atomic mass is 127. The molecule has 138 valence electrons. The van der Waals surface area contributed by atoms with Gasteiger partial charge in [0.15, 0.2) is 0 Å². The maximum Gasteiger partial charge on any atom is 0.262 e. The van der Waals surface area contributed by atoms with E-state index in [4.69, 9.17) is 0 Å². The van der Waals surface area contributed by atoms with Crippen LogP contribution in [0.3, 0.4) is 0 Å². The van der Waals surface area contributed by atoms with E-state index in [0.717, 1.165) is 22.3 Å².